The van der Waals surface area contributed by atoms with Crippen LogP contribution in [0.1, 0.15) is 11.1 Å². The van der Waals surface area contributed by atoms with Crippen molar-refractivity contribution < 1.29 is 0 Å². The molecule has 1 aliphatic rings. The lowest BCUT2D eigenvalue weighted by molar-refractivity contribution is 1.28. The number of para-hydroxylation sites is 4. The lowest BCUT2D eigenvalue weighted by atomic mass is 9.59. The summed E-state index contributed by atoms with van der Waals surface area (Å²) in [7, 11) is 0. The second kappa shape index (κ2) is 12.1. The van der Waals surface area contributed by atoms with E-state index < -0.39 is 0 Å². The highest BCUT2D eigenvalue weighted by molar-refractivity contribution is 8.27. The summed E-state index contributed by atoms with van der Waals surface area (Å²) in [4.78, 5) is 4.66. The molecule has 1 aliphatic heterocycles. The molecule has 0 bridgehead atoms. The SMILES string of the molecule is CSB1c2ccc(N(c3ccccc3)c3ccccc3)cc2C=Cc2cc(N(c3ccccc3)c3ccccc3)ccc21. The molecule has 1 heterocycles. The number of rotatable bonds is 7. The molecule has 0 aliphatic carbocycles. The monoisotopic (exact) mass is 570 g/mol. The summed E-state index contributed by atoms with van der Waals surface area (Å²) in [6.07, 6.45) is 6.80. The van der Waals surface area contributed by atoms with Crippen molar-refractivity contribution in [3.05, 3.63) is 169 Å². The molecule has 4 heteroatoms. The van der Waals surface area contributed by atoms with Crippen molar-refractivity contribution in [1.29, 1.82) is 0 Å². The van der Waals surface area contributed by atoms with Gasteiger partial charge in [-0.2, -0.15) is 0 Å². The Balaban J connectivity index is 1.32. The first-order valence-electron chi connectivity index (χ1n) is 14.6. The van der Waals surface area contributed by atoms with Crippen molar-refractivity contribution in [3.8, 4) is 0 Å². The summed E-state index contributed by atoms with van der Waals surface area (Å²) in [6.45, 7) is 0. The van der Waals surface area contributed by atoms with Gasteiger partial charge in [-0.3, -0.25) is 0 Å². The van der Waals surface area contributed by atoms with Gasteiger partial charge in [-0.15, -0.1) is 0 Å². The smallest absolute Gasteiger partial charge is 0.275 e. The van der Waals surface area contributed by atoms with E-state index in [4.69, 9.17) is 0 Å². The summed E-state index contributed by atoms with van der Waals surface area (Å²) in [5, 5.41) is 0. The number of fused-ring (bicyclic) bond motifs is 2. The van der Waals surface area contributed by atoms with Crippen molar-refractivity contribution in [3.63, 3.8) is 0 Å². The average molecular weight is 571 g/mol. The first-order chi connectivity index (χ1) is 21.3. The van der Waals surface area contributed by atoms with E-state index in [1.807, 2.05) is 11.6 Å². The molecule has 6 aromatic carbocycles. The molecule has 0 fully saturated rings. The predicted octanol–water partition coefficient (Wildman–Crippen LogP) is 9.58. The van der Waals surface area contributed by atoms with Crippen LogP contribution in [0.4, 0.5) is 34.1 Å². The van der Waals surface area contributed by atoms with Crippen LogP contribution in [-0.2, 0) is 0 Å². The van der Waals surface area contributed by atoms with Crippen LogP contribution >= 0.6 is 11.6 Å². The lowest BCUT2D eigenvalue weighted by Gasteiger charge is -2.27. The van der Waals surface area contributed by atoms with Crippen LogP contribution in [-0.4, -0.2) is 12.2 Å². The van der Waals surface area contributed by atoms with E-state index in [1.165, 1.54) is 22.1 Å². The Morgan fingerprint density at radius 2 is 0.721 bits per heavy atom. The van der Waals surface area contributed by atoms with E-state index in [9.17, 15) is 0 Å². The molecule has 0 N–H and O–H groups in total. The highest BCUT2D eigenvalue weighted by Gasteiger charge is 2.27. The molecule has 0 radical (unpaired) electrons. The summed E-state index contributed by atoms with van der Waals surface area (Å²) >= 11 is 1.89. The number of nitrogens with zero attached hydrogens (tertiary/aromatic N) is 2. The van der Waals surface area contributed by atoms with Crippen LogP contribution in [0.5, 0.6) is 0 Å². The van der Waals surface area contributed by atoms with Crippen LogP contribution < -0.4 is 20.7 Å². The van der Waals surface area contributed by atoms with Gasteiger partial charge in [0, 0.05) is 34.1 Å². The standard InChI is InChI=1S/C39H31BN2S/c1-43-40-38-26-24-36(41(32-14-6-2-7-15-32)33-16-8-3-9-17-33)28-30(38)22-23-31-29-37(25-27-39(31)40)42(34-18-10-4-11-19-34)35-20-12-5-13-21-35/h2-29H,1H3. The van der Waals surface area contributed by atoms with Gasteiger partial charge in [0.15, 0.2) is 0 Å². The number of anilines is 6. The maximum atomic E-state index is 2.34. The Kier molecular flexibility index (Phi) is 7.60. The number of benzene rings is 6. The minimum atomic E-state index is 0.229. The second-order valence-corrected chi connectivity index (χ2v) is 11.5. The fraction of sp³-hybridized carbons (Fsp3) is 0.0256. The highest BCUT2D eigenvalue weighted by atomic mass is 32.2. The van der Waals surface area contributed by atoms with E-state index in [2.05, 4.69) is 186 Å². The van der Waals surface area contributed by atoms with Gasteiger partial charge in [-0.25, -0.2) is 11.6 Å². The predicted molar refractivity (Wildman–Crippen MR) is 190 cm³/mol. The van der Waals surface area contributed by atoms with Gasteiger partial charge >= 0.3 is 0 Å². The minimum absolute atomic E-state index is 0.229. The van der Waals surface area contributed by atoms with E-state index in [0.29, 0.717) is 0 Å². The third-order valence-corrected chi connectivity index (χ3v) is 8.94. The van der Waals surface area contributed by atoms with Crippen molar-refractivity contribution >= 4 is 74.8 Å². The van der Waals surface area contributed by atoms with Crippen LogP contribution in [0.15, 0.2) is 158 Å². The van der Waals surface area contributed by atoms with Crippen LogP contribution in [0.3, 0.4) is 0 Å². The Morgan fingerprint density at radius 3 is 1.02 bits per heavy atom. The molecule has 7 rings (SSSR count). The van der Waals surface area contributed by atoms with Crippen molar-refractivity contribution in [2.24, 2.45) is 0 Å². The molecule has 0 atom stereocenters. The second-order valence-electron chi connectivity index (χ2n) is 10.6. The molecule has 0 aromatic heterocycles. The highest BCUT2D eigenvalue weighted by Crippen LogP contribution is 2.37. The normalized spacial score (nSPS) is 11.8. The summed E-state index contributed by atoms with van der Waals surface area (Å²) < 4.78 is 0. The van der Waals surface area contributed by atoms with E-state index in [1.54, 1.807) is 0 Å². The van der Waals surface area contributed by atoms with Gasteiger partial charge in [0.1, 0.15) is 0 Å². The van der Waals surface area contributed by atoms with Crippen LogP contribution in [0.25, 0.3) is 12.2 Å². The Hall–Kier alpha value is -4.93. The van der Waals surface area contributed by atoms with Crippen LogP contribution in [0.2, 0.25) is 0 Å². The third kappa shape index (κ3) is 5.38. The van der Waals surface area contributed by atoms with Crippen LogP contribution in [0, 0.1) is 0 Å². The zero-order valence-electron chi connectivity index (χ0n) is 24.0. The zero-order valence-corrected chi connectivity index (χ0v) is 24.9. The fourth-order valence-corrected chi connectivity index (χ4v) is 6.91. The number of hydrogen-bond acceptors (Lipinski definition) is 3. The van der Waals surface area contributed by atoms with Crippen molar-refractivity contribution in [2.75, 3.05) is 16.1 Å². The Bertz CT molecular complexity index is 1640. The van der Waals surface area contributed by atoms with Crippen molar-refractivity contribution in [1.82, 2.24) is 0 Å². The van der Waals surface area contributed by atoms with Gasteiger partial charge in [-0.1, -0.05) is 108 Å². The lowest BCUT2D eigenvalue weighted by Crippen LogP contribution is -2.41. The van der Waals surface area contributed by atoms with Gasteiger partial charge in [-0.05, 0) is 90.2 Å². The number of hydrogen-bond donors (Lipinski definition) is 0. The Morgan fingerprint density at radius 1 is 0.395 bits per heavy atom. The third-order valence-electron chi connectivity index (χ3n) is 7.96. The quantitative estimate of drug-likeness (QED) is 0.177. The molecule has 6 aromatic rings. The molecule has 206 valence electrons. The summed E-state index contributed by atoms with van der Waals surface area (Å²) in [6, 6.07) is 56.2. The largest absolute Gasteiger partial charge is 0.310 e. The summed E-state index contributed by atoms with van der Waals surface area (Å²) in [5.74, 6) is 0.229. The minimum Gasteiger partial charge on any atom is -0.310 e. The molecular weight excluding hydrogens is 539 g/mol. The average Bonchev–Trinajstić information content (AvgIpc) is 3.23. The molecular formula is C39H31BN2S. The van der Waals surface area contributed by atoms with E-state index in [-0.39, 0.29) is 5.99 Å². The van der Waals surface area contributed by atoms with Gasteiger partial charge in [0.05, 0.1) is 0 Å². The molecule has 0 saturated heterocycles. The topological polar surface area (TPSA) is 6.48 Å². The van der Waals surface area contributed by atoms with Gasteiger partial charge < -0.3 is 9.80 Å². The van der Waals surface area contributed by atoms with E-state index in [0.717, 1.165) is 34.1 Å². The Labute approximate surface area is 258 Å². The molecule has 0 saturated carbocycles. The molecule has 43 heavy (non-hydrogen) atoms. The van der Waals surface area contributed by atoms with Gasteiger partial charge in [0.2, 0.25) is 0 Å². The van der Waals surface area contributed by atoms with E-state index >= 15 is 0 Å². The molecule has 0 spiro atoms. The maximum Gasteiger partial charge on any atom is 0.275 e. The maximum absolute atomic E-state index is 2.34. The fourth-order valence-electron chi connectivity index (χ4n) is 5.97. The summed E-state index contributed by atoms with van der Waals surface area (Å²) in [5.41, 5.74) is 12.0. The zero-order chi connectivity index (χ0) is 29.0. The molecule has 2 nitrogen and oxygen atoms in total. The molecule has 0 unspecified atom stereocenters. The van der Waals surface area contributed by atoms with Gasteiger partial charge in [0.25, 0.3) is 5.99 Å². The first-order valence-corrected chi connectivity index (χ1v) is 15.9. The van der Waals surface area contributed by atoms with Crippen molar-refractivity contribution in [2.45, 2.75) is 0 Å². The first kappa shape index (κ1) is 26.9. The molecule has 0 amide bonds.